The second kappa shape index (κ2) is 5.46. The Labute approximate surface area is 103 Å². The van der Waals surface area contributed by atoms with E-state index in [1.54, 1.807) is 30.0 Å². The predicted molar refractivity (Wildman–Crippen MR) is 64.7 cm³/mol. The van der Waals surface area contributed by atoms with E-state index in [0.717, 1.165) is 0 Å². The topological polar surface area (TPSA) is 88.8 Å². The highest BCUT2D eigenvalue weighted by molar-refractivity contribution is 5.69. The number of aromatic nitrogens is 3. The van der Waals surface area contributed by atoms with E-state index in [4.69, 9.17) is 9.84 Å². The van der Waals surface area contributed by atoms with Crippen molar-refractivity contribution in [1.82, 2.24) is 14.6 Å². The Morgan fingerprint density at radius 2 is 2.39 bits per heavy atom. The van der Waals surface area contributed by atoms with Gasteiger partial charge in [0, 0.05) is 13.7 Å². The molecule has 2 aromatic heterocycles. The molecule has 0 aliphatic carbocycles. The summed E-state index contributed by atoms with van der Waals surface area (Å²) >= 11 is 0. The lowest BCUT2D eigenvalue weighted by molar-refractivity contribution is -0.136. The van der Waals surface area contributed by atoms with Crippen LogP contribution in [-0.2, 0) is 16.0 Å². The van der Waals surface area contributed by atoms with Gasteiger partial charge >= 0.3 is 5.97 Å². The molecule has 0 radical (unpaired) electrons. The predicted octanol–water partition coefficient (Wildman–Crippen LogP) is 0.415. The van der Waals surface area contributed by atoms with Crippen LogP contribution < -0.4 is 5.32 Å². The van der Waals surface area contributed by atoms with Crippen molar-refractivity contribution in [3.05, 3.63) is 24.0 Å². The molecule has 7 heteroatoms. The number of fused-ring (bicyclic) bond motifs is 1. The molecule has 18 heavy (non-hydrogen) atoms. The van der Waals surface area contributed by atoms with Gasteiger partial charge in [-0.3, -0.25) is 4.79 Å². The summed E-state index contributed by atoms with van der Waals surface area (Å²) in [6, 6.07) is 3.58. The number of nitrogens with one attached hydrogen (secondary N) is 1. The molecule has 0 saturated heterocycles. The Morgan fingerprint density at radius 3 is 3.11 bits per heavy atom. The van der Waals surface area contributed by atoms with Crippen LogP contribution in [-0.4, -0.2) is 45.9 Å². The second-order valence-electron chi connectivity index (χ2n) is 3.74. The maximum Gasteiger partial charge on any atom is 0.309 e. The zero-order chi connectivity index (χ0) is 13.0. The van der Waals surface area contributed by atoms with E-state index in [1.807, 2.05) is 0 Å². The van der Waals surface area contributed by atoms with Gasteiger partial charge in [-0.05, 0) is 12.1 Å². The molecule has 2 heterocycles. The Morgan fingerprint density at radius 1 is 1.56 bits per heavy atom. The summed E-state index contributed by atoms with van der Waals surface area (Å²) in [5.74, 6) is -0.212. The highest BCUT2D eigenvalue weighted by Gasteiger charge is 2.07. The summed E-state index contributed by atoms with van der Waals surface area (Å²) in [4.78, 5) is 14.7. The maximum absolute atomic E-state index is 10.6. The Kier molecular flexibility index (Phi) is 3.73. The fourth-order valence-corrected chi connectivity index (χ4v) is 1.55. The van der Waals surface area contributed by atoms with Crippen molar-refractivity contribution in [1.29, 1.82) is 0 Å². The Balaban J connectivity index is 2.14. The number of ether oxygens (including phenoxy) is 1. The Hall–Kier alpha value is -2.15. The van der Waals surface area contributed by atoms with E-state index in [2.05, 4.69) is 15.4 Å². The monoisotopic (exact) mass is 250 g/mol. The molecule has 2 rings (SSSR count). The van der Waals surface area contributed by atoms with Crippen molar-refractivity contribution in [2.24, 2.45) is 0 Å². The Bertz CT molecular complexity index is 552. The largest absolute Gasteiger partial charge is 0.481 e. The molecule has 0 unspecified atom stereocenters. The molecule has 0 spiro atoms. The summed E-state index contributed by atoms with van der Waals surface area (Å²) in [5, 5.41) is 16.1. The third-order valence-corrected chi connectivity index (χ3v) is 2.31. The number of methoxy groups -OCH3 is 1. The minimum Gasteiger partial charge on any atom is -0.481 e. The van der Waals surface area contributed by atoms with Gasteiger partial charge < -0.3 is 15.2 Å². The fourth-order valence-electron chi connectivity index (χ4n) is 1.55. The van der Waals surface area contributed by atoms with Crippen LogP contribution in [0.1, 0.15) is 5.69 Å². The zero-order valence-corrected chi connectivity index (χ0v) is 9.96. The molecule has 2 N–H and O–H groups in total. The van der Waals surface area contributed by atoms with Crippen molar-refractivity contribution in [3.8, 4) is 0 Å². The fraction of sp³-hybridized carbons (Fsp3) is 0.364. The highest BCUT2D eigenvalue weighted by Crippen LogP contribution is 2.08. The molecule has 2 aromatic rings. The maximum atomic E-state index is 10.6. The van der Waals surface area contributed by atoms with Gasteiger partial charge in [-0.2, -0.15) is 0 Å². The van der Waals surface area contributed by atoms with E-state index in [0.29, 0.717) is 30.3 Å². The number of carboxylic acid groups (broad SMARTS) is 1. The van der Waals surface area contributed by atoms with Gasteiger partial charge in [-0.1, -0.05) is 0 Å². The lowest BCUT2D eigenvalue weighted by atomic mass is 10.3. The van der Waals surface area contributed by atoms with Crippen LogP contribution in [0, 0.1) is 0 Å². The molecular formula is C11H14N4O3. The van der Waals surface area contributed by atoms with Gasteiger partial charge in [-0.25, -0.2) is 9.50 Å². The molecule has 0 saturated carbocycles. The van der Waals surface area contributed by atoms with Crippen LogP contribution in [0.15, 0.2) is 18.3 Å². The van der Waals surface area contributed by atoms with Crippen molar-refractivity contribution in [3.63, 3.8) is 0 Å². The smallest absolute Gasteiger partial charge is 0.309 e. The van der Waals surface area contributed by atoms with Gasteiger partial charge in [0.05, 0.1) is 24.9 Å². The van der Waals surface area contributed by atoms with Gasteiger partial charge in [-0.15, -0.1) is 5.10 Å². The van der Waals surface area contributed by atoms with E-state index >= 15 is 0 Å². The van der Waals surface area contributed by atoms with Gasteiger partial charge in [0.25, 0.3) is 0 Å². The highest BCUT2D eigenvalue weighted by atomic mass is 16.5. The molecule has 0 bridgehead atoms. The third-order valence-electron chi connectivity index (χ3n) is 2.31. The summed E-state index contributed by atoms with van der Waals surface area (Å²) < 4.78 is 6.49. The zero-order valence-electron chi connectivity index (χ0n) is 9.96. The lowest BCUT2D eigenvalue weighted by Gasteiger charge is -2.04. The number of rotatable bonds is 6. The molecule has 0 aromatic carbocycles. The van der Waals surface area contributed by atoms with Crippen LogP contribution >= 0.6 is 0 Å². The number of anilines is 1. The summed E-state index contributed by atoms with van der Waals surface area (Å²) in [5.41, 5.74) is 1.12. The first-order valence-corrected chi connectivity index (χ1v) is 5.49. The molecule has 0 aliphatic heterocycles. The quantitative estimate of drug-likeness (QED) is 0.722. The van der Waals surface area contributed by atoms with Crippen molar-refractivity contribution < 1.29 is 14.6 Å². The molecule has 0 aliphatic rings. The number of carbonyl (C=O) groups is 1. The van der Waals surface area contributed by atoms with Gasteiger partial charge in [0.1, 0.15) is 5.82 Å². The van der Waals surface area contributed by atoms with Crippen molar-refractivity contribution in [2.45, 2.75) is 6.42 Å². The first kappa shape index (κ1) is 12.3. The molecule has 0 amide bonds. The average Bonchev–Trinajstić information content (AvgIpc) is 2.69. The van der Waals surface area contributed by atoms with Crippen LogP contribution in [0.4, 0.5) is 5.82 Å². The van der Waals surface area contributed by atoms with Crippen LogP contribution in [0.5, 0.6) is 0 Å². The molecule has 0 atom stereocenters. The SMILES string of the molecule is COCCNc1ccc2nc(CC(=O)O)cn2n1. The number of imidazole rings is 1. The standard InChI is InChI=1S/C11H14N4O3/c1-18-5-4-12-9-2-3-10-13-8(6-11(16)17)7-15(10)14-9/h2-3,7H,4-6H2,1H3,(H,12,14)(H,16,17). The second-order valence-corrected chi connectivity index (χ2v) is 3.74. The number of carboxylic acids is 1. The van der Waals surface area contributed by atoms with Crippen LogP contribution in [0.3, 0.4) is 0 Å². The number of aliphatic carboxylic acids is 1. The van der Waals surface area contributed by atoms with E-state index < -0.39 is 5.97 Å². The summed E-state index contributed by atoms with van der Waals surface area (Å²) in [6.07, 6.45) is 1.51. The molecular weight excluding hydrogens is 236 g/mol. The van der Waals surface area contributed by atoms with E-state index in [1.165, 1.54) is 0 Å². The molecule has 96 valence electrons. The first-order chi connectivity index (χ1) is 8.69. The van der Waals surface area contributed by atoms with Gasteiger partial charge in [0.2, 0.25) is 0 Å². The molecule has 0 fully saturated rings. The minimum atomic E-state index is -0.906. The number of hydrogen-bond donors (Lipinski definition) is 2. The minimum absolute atomic E-state index is 0.101. The van der Waals surface area contributed by atoms with Crippen molar-refractivity contribution >= 4 is 17.4 Å². The van der Waals surface area contributed by atoms with E-state index in [-0.39, 0.29) is 6.42 Å². The lowest BCUT2D eigenvalue weighted by Crippen LogP contribution is -2.09. The number of nitrogens with zero attached hydrogens (tertiary/aromatic N) is 3. The van der Waals surface area contributed by atoms with Crippen LogP contribution in [0.2, 0.25) is 0 Å². The average molecular weight is 250 g/mol. The third kappa shape index (κ3) is 2.95. The van der Waals surface area contributed by atoms with Crippen LogP contribution in [0.25, 0.3) is 5.65 Å². The summed E-state index contributed by atoms with van der Waals surface area (Å²) in [7, 11) is 1.63. The van der Waals surface area contributed by atoms with Gasteiger partial charge in [0.15, 0.2) is 5.65 Å². The summed E-state index contributed by atoms with van der Waals surface area (Å²) in [6.45, 7) is 1.25. The van der Waals surface area contributed by atoms with E-state index in [9.17, 15) is 4.79 Å². The number of hydrogen-bond acceptors (Lipinski definition) is 5. The first-order valence-electron chi connectivity index (χ1n) is 5.49. The molecule has 7 nitrogen and oxygen atoms in total. The van der Waals surface area contributed by atoms with Crippen molar-refractivity contribution in [2.75, 3.05) is 25.6 Å². The normalized spacial score (nSPS) is 10.7.